The van der Waals surface area contributed by atoms with E-state index in [1.54, 1.807) is 24.3 Å². The van der Waals surface area contributed by atoms with Crippen LogP contribution in [-0.2, 0) is 10.0 Å². The summed E-state index contributed by atoms with van der Waals surface area (Å²) in [5, 5.41) is 3.33. The Kier molecular flexibility index (Phi) is 5.96. The van der Waals surface area contributed by atoms with Crippen molar-refractivity contribution in [3.05, 3.63) is 88.4 Å². The van der Waals surface area contributed by atoms with E-state index in [0.29, 0.717) is 16.3 Å². The minimum absolute atomic E-state index is 0.140. The molecule has 150 valence electrons. The zero-order valence-electron chi connectivity index (χ0n) is 16.3. The number of carbonyl (C=O) groups excluding carboxylic acids is 1. The van der Waals surface area contributed by atoms with Crippen molar-refractivity contribution in [2.75, 3.05) is 16.7 Å². The van der Waals surface area contributed by atoms with E-state index in [4.69, 9.17) is 11.6 Å². The molecule has 0 aliphatic carbocycles. The number of nitrogens with one attached hydrogen (secondary N) is 1. The first kappa shape index (κ1) is 20.9. The third-order valence-electron chi connectivity index (χ3n) is 4.44. The molecule has 3 aromatic rings. The van der Waals surface area contributed by atoms with Gasteiger partial charge in [-0.2, -0.15) is 0 Å². The molecule has 0 aliphatic rings. The van der Waals surface area contributed by atoms with Crippen molar-refractivity contribution >= 4 is 38.9 Å². The smallest absolute Gasteiger partial charge is 0.264 e. The molecule has 0 heterocycles. The van der Waals surface area contributed by atoms with Crippen molar-refractivity contribution in [2.24, 2.45) is 0 Å². The minimum atomic E-state index is -3.73. The van der Waals surface area contributed by atoms with Crippen molar-refractivity contribution in [2.45, 2.75) is 18.7 Å². The molecule has 29 heavy (non-hydrogen) atoms. The van der Waals surface area contributed by atoms with E-state index in [1.807, 2.05) is 32.0 Å². The van der Waals surface area contributed by atoms with Crippen molar-refractivity contribution < 1.29 is 13.2 Å². The predicted molar refractivity (Wildman–Crippen MR) is 117 cm³/mol. The molecule has 0 fully saturated rings. The molecule has 0 spiro atoms. The van der Waals surface area contributed by atoms with Crippen LogP contribution in [0.15, 0.2) is 71.6 Å². The van der Waals surface area contributed by atoms with Crippen LogP contribution in [-0.4, -0.2) is 21.4 Å². The van der Waals surface area contributed by atoms with Crippen LogP contribution in [0.25, 0.3) is 0 Å². The van der Waals surface area contributed by atoms with Gasteiger partial charge in [-0.15, -0.1) is 0 Å². The Hall–Kier alpha value is -2.83. The first-order valence-corrected chi connectivity index (χ1v) is 10.7. The molecule has 1 amide bonds. The second-order valence-electron chi connectivity index (χ2n) is 6.80. The lowest BCUT2D eigenvalue weighted by Crippen LogP contribution is -2.26. The Balaban J connectivity index is 1.78. The summed E-state index contributed by atoms with van der Waals surface area (Å²) < 4.78 is 26.7. The highest BCUT2D eigenvalue weighted by molar-refractivity contribution is 7.92. The lowest BCUT2D eigenvalue weighted by molar-refractivity contribution is 0.102. The molecule has 0 radical (unpaired) electrons. The second kappa shape index (κ2) is 8.27. The molecular weight excluding hydrogens is 408 g/mol. The summed E-state index contributed by atoms with van der Waals surface area (Å²) in [6, 6.07) is 18.2. The highest BCUT2D eigenvalue weighted by Gasteiger charge is 2.21. The van der Waals surface area contributed by atoms with Gasteiger partial charge in [0.2, 0.25) is 0 Å². The summed E-state index contributed by atoms with van der Waals surface area (Å²) in [5.74, 6) is -0.259. The van der Waals surface area contributed by atoms with Crippen LogP contribution in [0, 0.1) is 13.8 Å². The average Bonchev–Trinajstić information content (AvgIpc) is 2.67. The Labute approximate surface area is 176 Å². The van der Waals surface area contributed by atoms with E-state index >= 15 is 0 Å². The largest absolute Gasteiger partial charge is 0.322 e. The lowest BCUT2D eigenvalue weighted by Gasteiger charge is -2.20. The number of aryl methyl sites for hydroxylation is 2. The van der Waals surface area contributed by atoms with Crippen molar-refractivity contribution in [3.8, 4) is 0 Å². The number of benzene rings is 3. The molecular formula is C22H21ClN2O3S. The highest BCUT2D eigenvalue weighted by Crippen LogP contribution is 2.24. The van der Waals surface area contributed by atoms with Crippen LogP contribution in [0.3, 0.4) is 0 Å². The summed E-state index contributed by atoms with van der Waals surface area (Å²) in [5.41, 5.74) is 3.72. The summed E-state index contributed by atoms with van der Waals surface area (Å²) in [7, 11) is -2.26. The van der Waals surface area contributed by atoms with Crippen molar-refractivity contribution in [1.29, 1.82) is 0 Å². The van der Waals surface area contributed by atoms with Gasteiger partial charge in [0.05, 0.1) is 10.6 Å². The number of rotatable bonds is 5. The van der Waals surface area contributed by atoms with Crippen LogP contribution >= 0.6 is 11.6 Å². The zero-order chi connectivity index (χ0) is 21.2. The summed E-state index contributed by atoms with van der Waals surface area (Å²) in [4.78, 5) is 12.7. The lowest BCUT2D eigenvalue weighted by atomic mass is 10.1. The van der Waals surface area contributed by atoms with Gasteiger partial charge in [0.15, 0.2) is 0 Å². The molecule has 3 rings (SSSR count). The molecule has 3 aromatic carbocycles. The van der Waals surface area contributed by atoms with Crippen LogP contribution in [0.5, 0.6) is 0 Å². The summed E-state index contributed by atoms with van der Waals surface area (Å²) >= 11 is 5.83. The Bertz CT molecular complexity index is 1120. The first-order chi connectivity index (χ1) is 13.7. The van der Waals surface area contributed by atoms with Gasteiger partial charge in [-0.25, -0.2) is 8.42 Å². The van der Waals surface area contributed by atoms with Crippen LogP contribution < -0.4 is 9.62 Å². The number of nitrogens with zero attached hydrogens (tertiary/aromatic N) is 1. The van der Waals surface area contributed by atoms with E-state index in [2.05, 4.69) is 5.32 Å². The van der Waals surface area contributed by atoms with E-state index < -0.39 is 10.0 Å². The SMILES string of the molecule is Cc1cc(C)cc(NC(=O)c2ccc(N(C)S(=O)(=O)c3ccc(Cl)cc3)cc2)c1. The highest BCUT2D eigenvalue weighted by atomic mass is 35.5. The topological polar surface area (TPSA) is 66.5 Å². The van der Waals surface area contributed by atoms with Crippen molar-refractivity contribution in [3.63, 3.8) is 0 Å². The standard InChI is InChI=1S/C22H21ClN2O3S/c1-15-12-16(2)14-19(13-15)24-22(26)17-4-8-20(9-5-17)25(3)29(27,28)21-10-6-18(23)7-11-21/h4-14H,1-3H3,(H,24,26). The normalized spacial score (nSPS) is 11.2. The second-order valence-corrected chi connectivity index (χ2v) is 9.21. The molecule has 0 unspecified atom stereocenters. The maximum Gasteiger partial charge on any atom is 0.264 e. The molecule has 5 nitrogen and oxygen atoms in total. The number of anilines is 2. The van der Waals surface area contributed by atoms with E-state index in [1.165, 1.54) is 35.6 Å². The average molecular weight is 429 g/mol. The van der Waals surface area contributed by atoms with Crippen molar-refractivity contribution in [1.82, 2.24) is 0 Å². The van der Waals surface area contributed by atoms with Crippen LogP contribution in [0.1, 0.15) is 21.5 Å². The van der Waals surface area contributed by atoms with E-state index in [9.17, 15) is 13.2 Å². The molecule has 0 bridgehead atoms. The van der Waals surface area contributed by atoms with Gasteiger partial charge in [0.1, 0.15) is 0 Å². The number of amides is 1. The van der Waals surface area contributed by atoms with Crippen LogP contribution in [0.2, 0.25) is 5.02 Å². The molecule has 0 aliphatic heterocycles. The van der Waals surface area contributed by atoms with Gasteiger partial charge in [-0.3, -0.25) is 9.10 Å². The van der Waals surface area contributed by atoms with Gasteiger partial charge in [0.25, 0.3) is 15.9 Å². The molecule has 1 N–H and O–H groups in total. The number of halogens is 1. The van der Waals surface area contributed by atoms with Gasteiger partial charge >= 0.3 is 0 Å². The van der Waals surface area contributed by atoms with E-state index in [-0.39, 0.29) is 10.8 Å². The maximum atomic E-state index is 12.8. The van der Waals surface area contributed by atoms with E-state index in [0.717, 1.165) is 16.8 Å². The Morgan fingerprint density at radius 2 is 1.45 bits per heavy atom. The molecule has 0 aromatic heterocycles. The Morgan fingerprint density at radius 1 is 0.897 bits per heavy atom. The minimum Gasteiger partial charge on any atom is -0.322 e. The number of carbonyl (C=O) groups is 1. The third-order valence-corrected chi connectivity index (χ3v) is 6.50. The monoisotopic (exact) mass is 428 g/mol. The summed E-state index contributed by atoms with van der Waals surface area (Å²) in [6.07, 6.45) is 0. The first-order valence-electron chi connectivity index (χ1n) is 8.91. The maximum absolute atomic E-state index is 12.8. The fraction of sp³-hybridized carbons (Fsp3) is 0.136. The van der Waals surface area contributed by atoms with Gasteiger partial charge in [0, 0.05) is 23.3 Å². The fourth-order valence-corrected chi connectivity index (χ4v) is 4.30. The predicted octanol–water partition coefficient (Wildman–Crippen LogP) is 5.03. The zero-order valence-corrected chi connectivity index (χ0v) is 17.9. The number of sulfonamides is 1. The number of hydrogen-bond donors (Lipinski definition) is 1. The van der Waals surface area contributed by atoms with Gasteiger partial charge in [-0.05, 0) is 85.6 Å². The molecule has 0 atom stereocenters. The molecule has 0 saturated carbocycles. The third kappa shape index (κ3) is 4.78. The van der Waals surface area contributed by atoms with Gasteiger partial charge < -0.3 is 5.32 Å². The molecule has 0 saturated heterocycles. The summed E-state index contributed by atoms with van der Waals surface area (Å²) in [6.45, 7) is 3.93. The molecule has 7 heteroatoms. The Morgan fingerprint density at radius 3 is 2.00 bits per heavy atom. The number of hydrogen-bond acceptors (Lipinski definition) is 3. The van der Waals surface area contributed by atoms with Gasteiger partial charge in [-0.1, -0.05) is 17.7 Å². The fourth-order valence-electron chi connectivity index (χ4n) is 2.98. The van der Waals surface area contributed by atoms with Crippen LogP contribution in [0.4, 0.5) is 11.4 Å². The quantitative estimate of drug-likeness (QED) is 0.619.